The first kappa shape index (κ1) is 12.6. The van der Waals surface area contributed by atoms with Gasteiger partial charge in [-0.1, -0.05) is 0 Å². The minimum absolute atomic E-state index is 0. The number of phenolic OH excluding ortho intramolecular Hbond substituents is 1. The molecule has 0 aliphatic rings. The summed E-state index contributed by atoms with van der Waals surface area (Å²) in [6, 6.07) is 3.15. The number of hydrogen-bond donors (Lipinski definition) is 2. The van der Waals surface area contributed by atoms with Crippen molar-refractivity contribution in [3.8, 4) is 5.75 Å². The topological polar surface area (TPSA) is 109 Å². The van der Waals surface area contributed by atoms with E-state index in [0.717, 1.165) is 18.2 Å². The first-order valence-corrected chi connectivity index (χ1v) is 4.70. The number of halogens is 1. The summed E-state index contributed by atoms with van der Waals surface area (Å²) in [4.78, 5) is 2.45. The summed E-state index contributed by atoms with van der Waals surface area (Å²) in [5.74, 6) is -0.324. The molecule has 0 bridgehead atoms. The molecule has 0 atom stereocenters. The summed E-state index contributed by atoms with van der Waals surface area (Å²) in [5.41, 5.74) is -0.244. The number of nitrogens with zero attached hydrogens (tertiary/aromatic N) is 2. The van der Waals surface area contributed by atoms with Crippen LogP contribution in [0.2, 0.25) is 0 Å². The second-order valence-corrected chi connectivity index (χ2v) is 3.86. The molecule has 14 heavy (non-hydrogen) atoms. The standard InChI is InChI=1S/C6H5N3O3S.ClH/c7-9-5-3-4(13(8,11)12)1-2-6(5)10;/h1-3H,(H2-,8,10,11,12);1H. The summed E-state index contributed by atoms with van der Waals surface area (Å²) >= 11 is 0. The largest absolute Gasteiger partial charge is 1.00 e. The fourth-order valence-electron chi connectivity index (χ4n) is 0.760. The lowest BCUT2D eigenvalue weighted by Gasteiger charge is -1.94. The van der Waals surface area contributed by atoms with Crippen LogP contribution in [0.3, 0.4) is 0 Å². The zero-order valence-electron chi connectivity index (χ0n) is 6.75. The predicted molar refractivity (Wildman–Crippen MR) is 44.2 cm³/mol. The van der Waals surface area contributed by atoms with Gasteiger partial charge in [0.25, 0.3) is 0 Å². The van der Waals surface area contributed by atoms with Crippen molar-refractivity contribution in [3.05, 3.63) is 23.2 Å². The van der Waals surface area contributed by atoms with Crippen LogP contribution in [0.1, 0.15) is 0 Å². The molecule has 3 N–H and O–H groups in total. The van der Waals surface area contributed by atoms with E-state index >= 15 is 0 Å². The zero-order chi connectivity index (χ0) is 10.1. The molecule has 0 unspecified atom stereocenters. The van der Waals surface area contributed by atoms with E-state index in [1.807, 2.05) is 0 Å². The summed E-state index contributed by atoms with van der Waals surface area (Å²) < 4.78 is 21.6. The highest BCUT2D eigenvalue weighted by molar-refractivity contribution is 7.89. The maximum atomic E-state index is 10.8. The molecule has 0 heterocycles. The van der Waals surface area contributed by atoms with E-state index in [-0.39, 0.29) is 28.7 Å². The number of primary sulfonamides is 1. The van der Waals surface area contributed by atoms with E-state index in [9.17, 15) is 8.42 Å². The van der Waals surface area contributed by atoms with Crippen LogP contribution in [0.25, 0.3) is 4.98 Å². The maximum absolute atomic E-state index is 10.8. The molecule has 0 aliphatic carbocycles. The van der Waals surface area contributed by atoms with E-state index in [0.29, 0.717) is 0 Å². The average molecular weight is 236 g/mol. The lowest BCUT2D eigenvalue weighted by molar-refractivity contribution is -0.00000652. The second kappa shape index (κ2) is 4.23. The first-order valence-electron chi connectivity index (χ1n) is 3.16. The average Bonchev–Trinajstić information content (AvgIpc) is 2.03. The first-order chi connectivity index (χ1) is 5.95. The van der Waals surface area contributed by atoms with E-state index in [2.05, 4.69) is 4.98 Å². The minimum Gasteiger partial charge on any atom is -1.00 e. The summed E-state index contributed by atoms with van der Waals surface area (Å²) in [5, 5.41) is 22.1. The Morgan fingerprint density at radius 3 is 2.43 bits per heavy atom. The van der Waals surface area contributed by atoms with Crippen molar-refractivity contribution >= 4 is 15.7 Å². The third kappa shape index (κ3) is 2.56. The predicted octanol–water partition coefficient (Wildman–Crippen LogP) is -2.47. The molecule has 0 fully saturated rings. The highest BCUT2D eigenvalue weighted by atomic mass is 35.5. The number of nitrogens with two attached hydrogens (primary N) is 1. The van der Waals surface area contributed by atoms with Crippen LogP contribution in [0.15, 0.2) is 23.1 Å². The van der Waals surface area contributed by atoms with Gasteiger partial charge in [-0.2, -0.15) is 0 Å². The van der Waals surface area contributed by atoms with Gasteiger partial charge in [-0.15, -0.1) is 0 Å². The van der Waals surface area contributed by atoms with Crippen LogP contribution in [0.5, 0.6) is 5.75 Å². The van der Waals surface area contributed by atoms with Gasteiger partial charge in [0, 0.05) is 0 Å². The number of sulfonamides is 1. The van der Waals surface area contributed by atoms with Gasteiger partial charge in [-0.25, -0.2) is 13.6 Å². The highest BCUT2D eigenvalue weighted by Gasteiger charge is 2.18. The molecule has 6 nitrogen and oxygen atoms in total. The molecular formula is C6H6ClN3O3S. The van der Waals surface area contributed by atoms with Crippen molar-refractivity contribution in [2.24, 2.45) is 5.14 Å². The monoisotopic (exact) mass is 235 g/mol. The van der Waals surface area contributed by atoms with Crippen LogP contribution < -0.4 is 17.5 Å². The van der Waals surface area contributed by atoms with Gasteiger partial charge in [-0.05, 0) is 12.1 Å². The SMILES string of the molecule is N#[N+]c1cc(S(N)(=O)=O)ccc1O.[Cl-]. The number of phenols is 1. The Balaban J connectivity index is 0.00000169. The molecule has 0 aromatic heterocycles. The van der Waals surface area contributed by atoms with Crippen molar-refractivity contribution in [1.82, 2.24) is 0 Å². The van der Waals surface area contributed by atoms with Crippen molar-refractivity contribution < 1.29 is 25.9 Å². The lowest BCUT2D eigenvalue weighted by Crippen LogP contribution is -3.00. The molecule has 1 rings (SSSR count). The number of aromatic hydroxyl groups is 1. The van der Waals surface area contributed by atoms with Gasteiger partial charge in [0.05, 0.1) is 11.0 Å². The molecule has 0 aliphatic heterocycles. The van der Waals surface area contributed by atoms with Crippen LogP contribution in [0, 0.1) is 5.39 Å². The quantitative estimate of drug-likeness (QED) is 0.526. The number of hydrogen-bond acceptors (Lipinski definition) is 4. The second-order valence-electron chi connectivity index (χ2n) is 2.30. The van der Waals surface area contributed by atoms with Crippen molar-refractivity contribution in [2.45, 2.75) is 4.90 Å². The normalized spacial score (nSPS) is 10.0. The van der Waals surface area contributed by atoms with E-state index in [1.54, 1.807) is 0 Å². The van der Waals surface area contributed by atoms with Gasteiger partial charge in [0.2, 0.25) is 21.2 Å². The van der Waals surface area contributed by atoms with Crippen LogP contribution >= 0.6 is 0 Å². The van der Waals surface area contributed by atoms with Gasteiger partial charge >= 0.3 is 5.69 Å². The third-order valence-electron chi connectivity index (χ3n) is 1.38. The fraction of sp³-hybridized carbons (Fsp3) is 0. The number of rotatable bonds is 1. The van der Waals surface area contributed by atoms with Crippen LogP contribution in [-0.2, 0) is 10.0 Å². The van der Waals surface area contributed by atoms with Gasteiger partial charge < -0.3 is 17.5 Å². The van der Waals surface area contributed by atoms with Crippen LogP contribution in [-0.4, -0.2) is 13.5 Å². The summed E-state index contributed by atoms with van der Waals surface area (Å²) in [7, 11) is -3.83. The van der Waals surface area contributed by atoms with Gasteiger partial charge in [0.15, 0.2) is 4.98 Å². The highest BCUT2D eigenvalue weighted by Crippen LogP contribution is 2.28. The summed E-state index contributed by atoms with van der Waals surface area (Å²) in [6.45, 7) is 0. The molecule has 8 heteroatoms. The van der Waals surface area contributed by atoms with Crippen LogP contribution in [0.4, 0.5) is 5.69 Å². The smallest absolute Gasteiger partial charge is 0.427 e. The Labute approximate surface area is 86.4 Å². The van der Waals surface area contributed by atoms with E-state index in [1.165, 1.54) is 0 Å². The minimum atomic E-state index is -3.83. The Hall–Kier alpha value is -1.36. The number of diazo groups is 1. The summed E-state index contributed by atoms with van der Waals surface area (Å²) in [6.07, 6.45) is 0. The molecular weight excluding hydrogens is 230 g/mol. The van der Waals surface area contributed by atoms with Crippen molar-refractivity contribution in [3.63, 3.8) is 0 Å². The molecule has 0 amide bonds. The molecule has 0 saturated carbocycles. The molecule has 0 radical (unpaired) electrons. The van der Waals surface area contributed by atoms with Crippen molar-refractivity contribution in [1.29, 1.82) is 5.39 Å². The molecule has 1 aromatic carbocycles. The Bertz CT molecular complexity index is 480. The van der Waals surface area contributed by atoms with Gasteiger partial charge in [0.1, 0.15) is 0 Å². The molecule has 1 aromatic rings. The Morgan fingerprint density at radius 1 is 1.43 bits per heavy atom. The Kier molecular flexibility index (Phi) is 3.82. The number of benzene rings is 1. The molecule has 0 saturated heterocycles. The maximum Gasteiger partial charge on any atom is 0.427 e. The molecule has 0 spiro atoms. The molecule has 76 valence electrons. The van der Waals surface area contributed by atoms with E-state index in [4.69, 9.17) is 15.6 Å². The van der Waals surface area contributed by atoms with Crippen molar-refractivity contribution in [2.75, 3.05) is 0 Å². The lowest BCUT2D eigenvalue weighted by atomic mass is 10.3. The van der Waals surface area contributed by atoms with Gasteiger partial charge in [-0.3, -0.25) is 0 Å². The fourth-order valence-corrected chi connectivity index (χ4v) is 1.29. The zero-order valence-corrected chi connectivity index (χ0v) is 8.33. The van der Waals surface area contributed by atoms with E-state index < -0.39 is 10.0 Å². The Morgan fingerprint density at radius 2 is 2.00 bits per heavy atom. The third-order valence-corrected chi connectivity index (χ3v) is 2.29.